The summed E-state index contributed by atoms with van der Waals surface area (Å²) in [5, 5.41) is 3.92. The number of rotatable bonds is 7. The molecule has 2 aliphatic rings. The van der Waals surface area contributed by atoms with Gasteiger partial charge >= 0.3 is 0 Å². The molecule has 5 rings (SSSR count). The molecule has 184 valence electrons. The van der Waals surface area contributed by atoms with Crippen molar-refractivity contribution in [3.05, 3.63) is 64.6 Å². The van der Waals surface area contributed by atoms with E-state index in [1.165, 1.54) is 16.3 Å². The highest BCUT2D eigenvalue weighted by molar-refractivity contribution is 7.90. The predicted molar refractivity (Wildman–Crippen MR) is 128 cm³/mol. The largest absolute Gasteiger partial charge is 0.374 e. The Bertz CT molecular complexity index is 1400. The van der Waals surface area contributed by atoms with Crippen molar-refractivity contribution in [3.8, 4) is 11.1 Å². The minimum atomic E-state index is -4.17. The topological polar surface area (TPSA) is 112 Å². The maximum absolute atomic E-state index is 13.1. The Kier molecular flexibility index (Phi) is 5.98. The molecule has 3 aromatic rings. The van der Waals surface area contributed by atoms with Crippen LogP contribution < -0.4 is 4.72 Å². The van der Waals surface area contributed by atoms with Crippen molar-refractivity contribution in [2.24, 2.45) is 7.05 Å². The summed E-state index contributed by atoms with van der Waals surface area (Å²) in [5.74, 6) is -0.599. The monoisotopic (exact) mass is 496 g/mol. The number of pyridine rings is 1. The van der Waals surface area contributed by atoms with Crippen LogP contribution in [0.25, 0.3) is 11.1 Å². The molecule has 10 heteroatoms. The number of hydrogen-bond donors (Lipinski definition) is 1. The molecule has 1 N–H and O–H groups in total. The van der Waals surface area contributed by atoms with E-state index in [9.17, 15) is 13.2 Å². The van der Waals surface area contributed by atoms with Gasteiger partial charge in [0.25, 0.3) is 10.0 Å². The van der Waals surface area contributed by atoms with E-state index in [1.54, 1.807) is 20.4 Å². The van der Waals surface area contributed by atoms with E-state index in [-0.39, 0.29) is 11.4 Å². The van der Waals surface area contributed by atoms with Crippen LogP contribution in [0.3, 0.4) is 0 Å². The van der Waals surface area contributed by atoms with Crippen LogP contribution in [-0.4, -0.2) is 49.4 Å². The lowest BCUT2D eigenvalue weighted by atomic mass is 9.91. The fourth-order valence-corrected chi connectivity index (χ4v) is 5.96. The van der Waals surface area contributed by atoms with Gasteiger partial charge < -0.3 is 9.47 Å². The molecule has 9 nitrogen and oxygen atoms in total. The van der Waals surface area contributed by atoms with Gasteiger partial charge in [-0.1, -0.05) is 12.1 Å². The summed E-state index contributed by atoms with van der Waals surface area (Å²) >= 11 is 0. The van der Waals surface area contributed by atoms with Gasteiger partial charge in [0.05, 0.1) is 25.3 Å². The number of hydrogen-bond acceptors (Lipinski definition) is 7. The van der Waals surface area contributed by atoms with Gasteiger partial charge in [-0.3, -0.25) is 14.5 Å². The highest BCUT2D eigenvalue weighted by atomic mass is 32.2. The Labute approximate surface area is 204 Å². The SMILES string of the molecule is COC1(c2cc(S(=O)(=O)NC(=O)Cc3c(-c4ccnc(C)c4)ccc4c3CCC4)nn2C)COC1. The molecule has 1 aromatic carbocycles. The highest BCUT2D eigenvalue weighted by Gasteiger charge is 2.44. The zero-order valence-corrected chi connectivity index (χ0v) is 20.8. The van der Waals surface area contributed by atoms with Gasteiger partial charge in [-0.25, -0.2) is 4.72 Å². The first-order chi connectivity index (χ1) is 16.7. The second kappa shape index (κ2) is 8.85. The Morgan fingerprint density at radius 1 is 1.23 bits per heavy atom. The van der Waals surface area contributed by atoms with E-state index in [4.69, 9.17) is 9.47 Å². The summed E-state index contributed by atoms with van der Waals surface area (Å²) in [7, 11) is -0.978. The van der Waals surface area contributed by atoms with Crippen LogP contribution in [0.2, 0.25) is 0 Å². The van der Waals surface area contributed by atoms with Crippen molar-refractivity contribution in [3.63, 3.8) is 0 Å². The van der Waals surface area contributed by atoms with Crippen molar-refractivity contribution in [1.82, 2.24) is 19.5 Å². The van der Waals surface area contributed by atoms with Crippen LogP contribution in [-0.2, 0) is 56.2 Å². The fraction of sp³-hybridized carbons (Fsp3) is 0.400. The number of aryl methyl sites for hydroxylation is 3. The summed E-state index contributed by atoms with van der Waals surface area (Å²) in [4.78, 5) is 17.4. The minimum Gasteiger partial charge on any atom is -0.374 e. The van der Waals surface area contributed by atoms with Gasteiger partial charge in [-0.05, 0) is 66.1 Å². The Balaban J connectivity index is 1.43. The number of nitrogens with zero attached hydrogens (tertiary/aromatic N) is 3. The molecular formula is C25H28N4O5S. The smallest absolute Gasteiger partial charge is 0.283 e. The number of aromatic nitrogens is 3. The number of carbonyl (C=O) groups excluding carboxylic acids is 1. The van der Waals surface area contributed by atoms with Crippen molar-refractivity contribution in [2.45, 2.75) is 43.2 Å². The zero-order chi connectivity index (χ0) is 24.8. The normalized spacial score (nSPS) is 16.5. The standard InChI is InChI=1S/C25H28N4O5S/c1-16-11-18(9-10-26-16)20-8-7-17-5-4-6-19(17)21(20)12-23(30)28-35(31,32)24-13-22(29(2)27-24)25(33-3)14-34-15-25/h7-11,13H,4-6,12,14-15H2,1-3H3,(H,28,30). The van der Waals surface area contributed by atoms with E-state index in [2.05, 4.69) is 20.9 Å². The molecular weight excluding hydrogens is 468 g/mol. The molecule has 1 amide bonds. The first kappa shape index (κ1) is 23.7. The molecule has 1 aliphatic carbocycles. The second-order valence-corrected chi connectivity index (χ2v) is 10.8. The van der Waals surface area contributed by atoms with E-state index in [0.29, 0.717) is 18.9 Å². The van der Waals surface area contributed by atoms with Gasteiger partial charge in [-0.15, -0.1) is 0 Å². The summed E-state index contributed by atoms with van der Waals surface area (Å²) in [5.41, 5.74) is 5.82. The molecule has 0 radical (unpaired) electrons. The minimum absolute atomic E-state index is 0.0470. The van der Waals surface area contributed by atoms with E-state index >= 15 is 0 Å². The Hall–Kier alpha value is -3.08. The quantitative estimate of drug-likeness (QED) is 0.534. The average Bonchev–Trinajstić information content (AvgIpc) is 3.41. The predicted octanol–water partition coefficient (Wildman–Crippen LogP) is 2.20. The van der Waals surface area contributed by atoms with E-state index < -0.39 is 21.5 Å². The molecule has 3 heterocycles. The number of fused-ring (bicyclic) bond motifs is 1. The van der Waals surface area contributed by atoms with Crippen molar-refractivity contribution >= 4 is 15.9 Å². The van der Waals surface area contributed by atoms with Crippen LogP contribution in [0.15, 0.2) is 41.6 Å². The van der Waals surface area contributed by atoms with Crippen molar-refractivity contribution in [1.29, 1.82) is 0 Å². The van der Waals surface area contributed by atoms with Gasteiger partial charge in [0.2, 0.25) is 5.91 Å². The van der Waals surface area contributed by atoms with Gasteiger partial charge in [0.1, 0.15) is 0 Å². The number of sulfonamides is 1. The third-order valence-electron chi connectivity index (χ3n) is 6.85. The van der Waals surface area contributed by atoms with Crippen LogP contribution in [0.1, 0.15) is 34.5 Å². The number of amides is 1. The zero-order valence-electron chi connectivity index (χ0n) is 20.0. The van der Waals surface area contributed by atoms with E-state index in [1.807, 2.05) is 25.1 Å². The van der Waals surface area contributed by atoms with Crippen molar-refractivity contribution in [2.75, 3.05) is 20.3 Å². The van der Waals surface area contributed by atoms with Gasteiger partial charge in [0, 0.05) is 32.1 Å². The number of carbonyl (C=O) groups is 1. The van der Waals surface area contributed by atoms with Crippen LogP contribution in [0.4, 0.5) is 0 Å². The third kappa shape index (κ3) is 4.26. The first-order valence-corrected chi connectivity index (χ1v) is 13.0. The third-order valence-corrected chi connectivity index (χ3v) is 8.10. The lowest BCUT2D eigenvalue weighted by Crippen LogP contribution is -2.49. The van der Waals surface area contributed by atoms with Crippen LogP contribution in [0.5, 0.6) is 0 Å². The number of nitrogens with one attached hydrogen (secondary N) is 1. The molecule has 1 aliphatic heterocycles. The molecule has 0 saturated carbocycles. The molecule has 0 atom stereocenters. The van der Waals surface area contributed by atoms with E-state index in [0.717, 1.165) is 47.2 Å². The molecule has 0 bridgehead atoms. The average molecular weight is 497 g/mol. The van der Waals surface area contributed by atoms with Gasteiger partial charge in [0.15, 0.2) is 10.6 Å². The molecule has 0 unspecified atom stereocenters. The molecule has 1 saturated heterocycles. The van der Waals surface area contributed by atoms with Crippen LogP contribution >= 0.6 is 0 Å². The molecule has 35 heavy (non-hydrogen) atoms. The molecule has 2 aromatic heterocycles. The Morgan fingerprint density at radius 2 is 2.03 bits per heavy atom. The maximum atomic E-state index is 13.1. The Morgan fingerprint density at radius 3 is 2.71 bits per heavy atom. The number of ether oxygens (including phenoxy) is 2. The fourth-order valence-electron chi connectivity index (χ4n) is 4.98. The summed E-state index contributed by atoms with van der Waals surface area (Å²) in [6, 6.07) is 9.45. The number of methoxy groups -OCH3 is 1. The summed E-state index contributed by atoms with van der Waals surface area (Å²) in [6.07, 6.45) is 4.54. The van der Waals surface area contributed by atoms with Crippen molar-refractivity contribution < 1.29 is 22.7 Å². The highest BCUT2D eigenvalue weighted by Crippen LogP contribution is 2.35. The first-order valence-electron chi connectivity index (χ1n) is 11.5. The molecule has 0 spiro atoms. The second-order valence-electron chi connectivity index (χ2n) is 9.16. The van der Waals surface area contributed by atoms with Crippen LogP contribution in [0, 0.1) is 6.92 Å². The lowest BCUT2D eigenvalue weighted by molar-refractivity contribution is -0.206. The lowest BCUT2D eigenvalue weighted by Gasteiger charge is -2.39. The maximum Gasteiger partial charge on any atom is 0.283 e. The molecule has 1 fully saturated rings. The van der Waals surface area contributed by atoms with Gasteiger partial charge in [-0.2, -0.15) is 13.5 Å². The summed E-state index contributed by atoms with van der Waals surface area (Å²) in [6.45, 7) is 2.54. The number of benzene rings is 1. The summed E-state index contributed by atoms with van der Waals surface area (Å²) < 4.78 is 40.6.